The predicted molar refractivity (Wildman–Crippen MR) is 56.4 cm³/mol. The summed E-state index contributed by atoms with van der Waals surface area (Å²) in [5.74, 6) is -1.40. The maximum absolute atomic E-state index is 12.2. The second kappa shape index (κ2) is 5.50. The number of alkyl halides is 2. The largest absolute Gasteiger partial charge is 0.465 e. The van der Waals surface area contributed by atoms with Gasteiger partial charge in [0.15, 0.2) is 5.75 Å². The zero-order chi connectivity index (χ0) is 13.0. The standard InChI is InChI=1S/C10H7F2NO3S/c1-15-9(14)5-2-3-7(17)6(4-13)8(5)16-10(11)12/h2-3,10,17H,1H3. The monoisotopic (exact) mass is 259 g/mol. The van der Waals surface area contributed by atoms with Gasteiger partial charge in [0.05, 0.1) is 7.11 Å². The van der Waals surface area contributed by atoms with E-state index in [-0.39, 0.29) is 16.0 Å². The van der Waals surface area contributed by atoms with Crippen molar-refractivity contribution in [2.75, 3.05) is 7.11 Å². The molecule has 0 aromatic heterocycles. The van der Waals surface area contributed by atoms with Crippen LogP contribution >= 0.6 is 12.6 Å². The molecule has 0 unspecified atom stereocenters. The van der Waals surface area contributed by atoms with Crippen LogP contribution in [0.4, 0.5) is 8.78 Å². The summed E-state index contributed by atoms with van der Waals surface area (Å²) in [7, 11) is 1.09. The van der Waals surface area contributed by atoms with Crippen LogP contribution < -0.4 is 4.74 Å². The molecular formula is C10H7F2NO3S. The lowest BCUT2D eigenvalue weighted by atomic mass is 10.1. The molecule has 0 fully saturated rings. The number of nitrogens with zero attached hydrogens (tertiary/aromatic N) is 1. The van der Waals surface area contributed by atoms with Crippen molar-refractivity contribution in [1.82, 2.24) is 0 Å². The number of carbonyl (C=O) groups is 1. The van der Waals surface area contributed by atoms with Crippen LogP contribution in [0.1, 0.15) is 15.9 Å². The molecule has 0 saturated heterocycles. The van der Waals surface area contributed by atoms with Crippen molar-refractivity contribution in [2.45, 2.75) is 11.5 Å². The summed E-state index contributed by atoms with van der Waals surface area (Å²) in [6.45, 7) is -3.15. The number of hydrogen-bond acceptors (Lipinski definition) is 5. The van der Waals surface area contributed by atoms with Crippen molar-refractivity contribution >= 4 is 18.6 Å². The number of hydrogen-bond donors (Lipinski definition) is 1. The third-order valence-corrected chi connectivity index (χ3v) is 2.23. The molecule has 7 heteroatoms. The number of esters is 1. The molecule has 0 amide bonds. The van der Waals surface area contributed by atoms with Crippen LogP contribution in [-0.4, -0.2) is 19.7 Å². The third kappa shape index (κ3) is 2.85. The SMILES string of the molecule is COC(=O)c1ccc(S)c(C#N)c1OC(F)F. The highest BCUT2D eigenvalue weighted by molar-refractivity contribution is 7.80. The normalized spacial score (nSPS) is 9.88. The summed E-state index contributed by atoms with van der Waals surface area (Å²) in [5, 5.41) is 8.82. The van der Waals surface area contributed by atoms with E-state index in [1.54, 1.807) is 6.07 Å². The van der Waals surface area contributed by atoms with Crippen molar-refractivity contribution in [3.8, 4) is 11.8 Å². The van der Waals surface area contributed by atoms with Gasteiger partial charge in [-0.1, -0.05) is 0 Å². The second-order valence-electron chi connectivity index (χ2n) is 2.82. The van der Waals surface area contributed by atoms with E-state index >= 15 is 0 Å². The van der Waals surface area contributed by atoms with E-state index in [2.05, 4.69) is 22.1 Å². The average molecular weight is 259 g/mol. The molecule has 0 heterocycles. The van der Waals surface area contributed by atoms with Gasteiger partial charge in [0.2, 0.25) is 0 Å². The minimum Gasteiger partial charge on any atom is -0.465 e. The molecule has 0 bridgehead atoms. The number of ether oxygens (including phenoxy) is 2. The first-order chi connectivity index (χ1) is 8.01. The van der Waals surface area contributed by atoms with E-state index in [0.717, 1.165) is 7.11 Å². The highest BCUT2D eigenvalue weighted by Crippen LogP contribution is 2.30. The average Bonchev–Trinajstić information content (AvgIpc) is 2.28. The van der Waals surface area contributed by atoms with Gasteiger partial charge in [0.1, 0.15) is 17.2 Å². The van der Waals surface area contributed by atoms with E-state index in [9.17, 15) is 13.6 Å². The molecule has 0 aliphatic heterocycles. The first-order valence-corrected chi connectivity index (χ1v) is 4.75. The van der Waals surface area contributed by atoms with Gasteiger partial charge >= 0.3 is 12.6 Å². The molecule has 17 heavy (non-hydrogen) atoms. The summed E-state index contributed by atoms with van der Waals surface area (Å²) >= 11 is 3.92. The van der Waals surface area contributed by atoms with E-state index in [0.29, 0.717) is 0 Å². The molecule has 0 spiro atoms. The van der Waals surface area contributed by atoms with Crippen LogP contribution in [0, 0.1) is 11.3 Å². The molecule has 1 rings (SSSR count). The lowest BCUT2D eigenvalue weighted by Crippen LogP contribution is -2.11. The van der Waals surface area contributed by atoms with Crippen molar-refractivity contribution in [3.05, 3.63) is 23.3 Å². The lowest BCUT2D eigenvalue weighted by Gasteiger charge is -2.11. The topological polar surface area (TPSA) is 59.3 Å². The predicted octanol–water partition coefficient (Wildman–Crippen LogP) is 2.23. The Morgan fingerprint density at radius 2 is 2.18 bits per heavy atom. The first kappa shape index (κ1) is 13.3. The summed E-state index contributed by atoms with van der Waals surface area (Å²) < 4.78 is 33.0. The van der Waals surface area contributed by atoms with Gasteiger partial charge in [-0.05, 0) is 12.1 Å². The Morgan fingerprint density at radius 1 is 1.53 bits per heavy atom. The zero-order valence-electron chi connectivity index (χ0n) is 8.61. The number of halogens is 2. The van der Waals surface area contributed by atoms with Crippen molar-refractivity contribution in [1.29, 1.82) is 5.26 Å². The minimum absolute atomic E-state index is 0.135. The second-order valence-corrected chi connectivity index (χ2v) is 3.30. The number of carbonyl (C=O) groups excluding carboxylic acids is 1. The van der Waals surface area contributed by atoms with Gasteiger partial charge in [0, 0.05) is 4.90 Å². The molecule has 0 N–H and O–H groups in total. The van der Waals surface area contributed by atoms with Crippen LogP contribution in [0.25, 0.3) is 0 Å². The van der Waals surface area contributed by atoms with Crippen molar-refractivity contribution in [2.24, 2.45) is 0 Å². The fourth-order valence-electron chi connectivity index (χ4n) is 1.16. The summed E-state index contributed by atoms with van der Waals surface area (Å²) in [5.41, 5.74) is -0.487. The van der Waals surface area contributed by atoms with Crippen LogP contribution in [0.2, 0.25) is 0 Å². The van der Waals surface area contributed by atoms with E-state index in [4.69, 9.17) is 5.26 Å². The Labute approximate surface area is 101 Å². The summed E-state index contributed by atoms with van der Waals surface area (Å²) in [6, 6.07) is 4.17. The molecule has 0 atom stereocenters. The van der Waals surface area contributed by atoms with Crippen LogP contribution in [-0.2, 0) is 4.74 Å². The maximum Gasteiger partial charge on any atom is 0.387 e. The van der Waals surface area contributed by atoms with E-state index < -0.39 is 18.3 Å². The Balaban J connectivity index is 3.41. The number of thiol groups is 1. The smallest absolute Gasteiger partial charge is 0.387 e. The van der Waals surface area contributed by atoms with Crippen LogP contribution in [0.5, 0.6) is 5.75 Å². The molecule has 1 aromatic carbocycles. The quantitative estimate of drug-likeness (QED) is 0.668. The van der Waals surface area contributed by atoms with Crippen LogP contribution in [0.15, 0.2) is 17.0 Å². The Hall–Kier alpha value is -1.81. The third-order valence-electron chi connectivity index (χ3n) is 1.86. The molecule has 0 aliphatic rings. The van der Waals surface area contributed by atoms with Crippen molar-refractivity contribution in [3.63, 3.8) is 0 Å². The molecule has 90 valence electrons. The van der Waals surface area contributed by atoms with Gasteiger partial charge in [0.25, 0.3) is 0 Å². The number of methoxy groups -OCH3 is 1. The highest BCUT2D eigenvalue weighted by Gasteiger charge is 2.21. The molecular weight excluding hydrogens is 252 g/mol. The van der Waals surface area contributed by atoms with Gasteiger partial charge in [-0.3, -0.25) is 0 Å². The molecule has 4 nitrogen and oxygen atoms in total. The van der Waals surface area contributed by atoms with Gasteiger partial charge in [-0.15, -0.1) is 12.6 Å². The fraction of sp³-hybridized carbons (Fsp3) is 0.200. The first-order valence-electron chi connectivity index (χ1n) is 4.30. The molecule has 1 aromatic rings. The highest BCUT2D eigenvalue weighted by atomic mass is 32.1. The number of nitriles is 1. The number of rotatable bonds is 3. The summed E-state index contributed by atoms with van der Waals surface area (Å²) in [6.07, 6.45) is 0. The fourth-order valence-corrected chi connectivity index (χ4v) is 1.39. The van der Waals surface area contributed by atoms with E-state index in [1.165, 1.54) is 12.1 Å². The van der Waals surface area contributed by atoms with Gasteiger partial charge < -0.3 is 9.47 Å². The number of benzene rings is 1. The summed E-state index contributed by atoms with van der Waals surface area (Å²) in [4.78, 5) is 11.4. The van der Waals surface area contributed by atoms with Crippen LogP contribution in [0.3, 0.4) is 0 Å². The maximum atomic E-state index is 12.2. The molecule has 0 aliphatic carbocycles. The van der Waals surface area contributed by atoms with Gasteiger partial charge in [-0.2, -0.15) is 14.0 Å². The molecule has 0 saturated carbocycles. The van der Waals surface area contributed by atoms with Crippen molar-refractivity contribution < 1.29 is 23.0 Å². The van der Waals surface area contributed by atoms with Gasteiger partial charge in [-0.25, -0.2) is 4.79 Å². The Kier molecular flexibility index (Phi) is 4.29. The lowest BCUT2D eigenvalue weighted by molar-refractivity contribution is -0.0507. The Morgan fingerprint density at radius 3 is 2.65 bits per heavy atom. The minimum atomic E-state index is -3.15. The van der Waals surface area contributed by atoms with E-state index in [1.807, 2.05) is 0 Å². The molecule has 0 radical (unpaired) electrons. The zero-order valence-corrected chi connectivity index (χ0v) is 9.50. The Bertz CT molecular complexity index is 485.